The highest BCUT2D eigenvalue weighted by Gasteiger charge is 2.13. The number of ether oxygens (including phenoxy) is 1. The first-order valence-electron chi connectivity index (χ1n) is 6.78. The fraction of sp³-hybridized carbons (Fsp3) is 0.600. The quantitative estimate of drug-likeness (QED) is 0.862. The highest BCUT2D eigenvalue weighted by Crippen LogP contribution is 2.22. The molecule has 0 radical (unpaired) electrons. The lowest BCUT2D eigenvalue weighted by molar-refractivity contribution is 0.0168. The molecule has 1 atom stereocenters. The summed E-state index contributed by atoms with van der Waals surface area (Å²) in [4.78, 5) is 0. The van der Waals surface area contributed by atoms with E-state index in [2.05, 4.69) is 5.32 Å². The maximum absolute atomic E-state index is 9.72. The van der Waals surface area contributed by atoms with Gasteiger partial charge in [-0.3, -0.25) is 0 Å². The summed E-state index contributed by atoms with van der Waals surface area (Å²) in [5.41, 5.74) is 3.11. The van der Waals surface area contributed by atoms with Crippen LogP contribution < -0.4 is 5.32 Å². The van der Waals surface area contributed by atoms with Gasteiger partial charge in [-0.1, -0.05) is 12.1 Å². The maximum Gasteiger partial charge on any atom is 0.121 e. The van der Waals surface area contributed by atoms with Crippen LogP contribution in [0.5, 0.6) is 5.75 Å². The summed E-state index contributed by atoms with van der Waals surface area (Å²) >= 11 is 0. The minimum atomic E-state index is 0.373. The van der Waals surface area contributed by atoms with E-state index >= 15 is 0 Å². The fourth-order valence-electron chi connectivity index (χ4n) is 2.49. The molecule has 3 heteroatoms. The molecular formula is C15H23NO2. The van der Waals surface area contributed by atoms with Gasteiger partial charge in [0.05, 0.1) is 6.10 Å². The molecule has 1 aliphatic heterocycles. The number of hydrogen-bond donors (Lipinski definition) is 2. The summed E-state index contributed by atoms with van der Waals surface area (Å²) in [6, 6.07) is 4.08. The second kappa shape index (κ2) is 6.21. The standard InChI is InChI=1S/C15H23NO2/c1-11-7-13(8-12(2)15(11)17)9-16-10-14-5-3-4-6-18-14/h7-8,14,16-17H,3-6,9-10H2,1-2H3. The first-order valence-corrected chi connectivity index (χ1v) is 6.78. The van der Waals surface area contributed by atoms with E-state index in [-0.39, 0.29) is 0 Å². The molecule has 18 heavy (non-hydrogen) atoms. The van der Waals surface area contributed by atoms with Gasteiger partial charge in [0, 0.05) is 19.7 Å². The van der Waals surface area contributed by atoms with Gasteiger partial charge in [-0.25, -0.2) is 0 Å². The van der Waals surface area contributed by atoms with Gasteiger partial charge in [-0.2, -0.15) is 0 Å². The predicted octanol–water partition coefficient (Wildman–Crippen LogP) is 2.67. The topological polar surface area (TPSA) is 41.5 Å². The molecule has 0 bridgehead atoms. The van der Waals surface area contributed by atoms with Gasteiger partial charge in [0.25, 0.3) is 0 Å². The zero-order valence-electron chi connectivity index (χ0n) is 11.3. The molecule has 0 aromatic heterocycles. The van der Waals surface area contributed by atoms with Crippen molar-refractivity contribution in [2.75, 3.05) is 13.2 Å². The van der Waals surface area contributed by atoms with Crippen molar-refractivity contribution in [1.82, 2.24) is 5.32 Å². The Kier molecular flexibility index (Phi) is 4.61. The largest absolute Gasteiger partial charge is 0.507 e. The van der Waals surface area contributed by atoms with Gasteiger partial charge in [-0.15, -0.1) is 0 Å². The summed E-state index contributed by atoms with van der Waals surface area (Å²) in [6.45, 7) is 6.54. The number of rotatable bonds is 4. The van der Waals surface area contributed by atoms with Crippen LogP contribution in [0.1, 0.15) is 36.0 Å². The molecule has 0 saturated carbocycles. The van der Waals surface area contributed by atoms with Gasteiger partial charge in [0.15, 0.2) is 0 Å². The van der Waals surface area contributed by atoms with Crippen LogP contribution in [0.3, 0.4) is 0 Å². The van der Waals surface area contributed by atoms with Crippen molar-refractivity contribution in [3.8, 4) is 5.75 Å². The first-order chi connectivity index (χ1) is 8.66. The van der Waals surface area contributed by atoms with Crippen LogP contribution >= 0.6 is 0 Å². The van der Waals surface area contributed by atoms with Crippen molar-refractivity contribution < 1.29 is 9.84 Å². The first kappa shape index (κ1) is 13.4. The number of phenols is 1. The SMILES string of the molecule is Cc1cc(CNCC2CCCCO2)cc(C)c1O. The molecule has 1 fully saturated rings. The van der Waals surface area contributed by atoms with Crippen LogP contribution in [-0.2, 0) is 11.3 Å². The Morgan fingerprint density at radius 1 is 1.28 bits per heavy atom. The Balaban J connectivity index is 1.82. The van der Waals surface area contributed by atoms with Crippen LogP contribution in [0.25, 0.3) is 0 Å². The Bertz CT molecular complexity index is 374. The third-order valence-electron chi connectivity index (χ3n) is 3.53. The smallest absolute Gasteiger partial charge is 0.121 e. The number of aromatic hydroxyl groups is 1. The summed E-state index contributed by atoms with van der Waals surface area (Å²) < 4.78 is 5.68. The lowest BCUT2D eigenvalue weighted by Gasteiger charge is -2.22. The number of hydrogen-bond acceptors (Lipinski definition) is 3. The number of nitrogens with one attached hydrogen (secondary N) is 1. The van der Waals surface area contributed by atoms with Crippen molar-refractivity contribution in [1.29, 1.82) is 0 Å². The highest BCUT2D eigenvalue weighted by molar-refractivity contribution is 5.42. The van der Waals surface area contributed by atoms with E-state index in [0.29, 0.717) is 11.9 Å². The molecule has 2 N–H and O–H groups in total. The van der Waals surface area contributed by atoms with E-state index in [4.69, 9.17) is 4.74 Å². The molecule has 100 valence electrons. The second-order valence-electron chi connectivity index (χ2n) is 5.20. The lowest BCUT2D eigenvalue weighted by Crippen LogP contribution is -2.31. The Hall–Kier alpha value is -1.06. The average Bonchev–Trinajstić information content (AvgIpc) is 2.37. The molecule has 1 saturated heterocycles. The zero-order valence-corrected chi connectivity index (χ0v) is 11.3. The van der Waals surface area contributed by atoms with Crippen LogP contribution in [0.15, 0.2) is 12.1 Å². The van der Waals surface area contributed by atoms with Crippen molar-refractivity contribution in [2.45, 2.75) is 45.8 Å². The van der Waals surface area contributed by atoms with Crippen molar-refractivity contribution in [3.05, 3.63) is 28.8 Å². The van der Waals surface area contributed by atoms with E-state index in [1.807, 2.05) is 26.0 Å². The maximum atomic E-state index is 9.72. The van der Waals surface area contributed by atoms with Gasteiger partial charge in [-0.05, 0) is 49.8 Å². The van der Waals surface area contributed by atoms with Crippen molar-refractivity contribution >= 4 is 0 Å². The van der Waals surface area contributed by atoms with Crippen molar-refractivity contribution in [2.24, 2.45) is 0 Å². The number of benzene rings is 1. The van der Waals surface area contributed by atoms with E-state index in [9.17, 15) is 5.11 Å². The van der Waals surface area contributed by atoms with E-state index in [1.54, 1.807) is 0 Å². The molecule has 0 aliphatic carbocycles. The predicted molar refractivity (Wildman–Crippen MR) is 72.9 cm³/mol. The Morgan fingerprint density at radius 2 is 2.00 bits per heavy atom. The molecule has 0 amide bonds. The third kappa shape index (κ3) is 3.47. The molecule has 1 heterocycles. The molecule has 3 nitrogen and oxygen atoms in total. The number of phenolic OH excluding ortho intramolecular Hbond substituents is 1. The average molecular weight is 249 g/mol. The molecule has 1 aromatic carbocycles. The summed E-state index contributed by atoms with van der Waals surface area (Å²) in [5.74, 6) is 0.411. The highest BCUT2D eigenvalue weighted by atomic mass is 16.5. The van der Waals surface area contributed by atoms with Crippen LogP contribution in [-0.4, -0.2) is 24.4 Å². The van der Waals surface area contributed by atoms with Crippen LogP contribution in [0.4, 0.5) is 0 Å². The van der Waals surface area contributed by atoms with E-state index in [1.165, 1.54) is 24.8 Å². The molecule has 2 rings (SSSR count). The van der Waals surface area contributed by atoms with Crippen LogP contribution in [0.2, 0.25) is 0 Å². The molecular weight excluding hydrogens is 226 g/mol. The fourth-order valence-corrected chi connectivity index (χ4v) is 2.49. The van der Waals surface area contributed by atoms with E-state index in [0.717, 1.165) is 30.8 Å². The van der Waals surface area contributed by atoms with Gasteiger partial charge in [0.2, 0.25) is 0 Å². The molecule has 1 aromatic rings. The van der Waals surface area contributed by atoms with Gasteiger partial charge in [0.1, 0.15) is 5.75 Å². The van der Waals surface area contributed by atoms with Gasteiger partial charge < -0.3 is 15.2 Å². The monoisotopic (exact) mass is 249 g/mol. The zero-order chi connectivity index (χ0) is 13.0. The summed E-state index contributed by atoms with van der Waals surface area (Å²) in [7, 11) is 0. The Morgan fingerprint density at radius 3 is 2.61 bits per heavy atom. The van der Waals surface area contributed by atoms with Crippen LogP contribution in [0, 0.1) is 13.8 Å². The lowest BCUT2D eigenvalue weighted by atomic mass is 10.1. The van der Waals surface area contributed by atoms with Crippen molar-refractivity contribution in [3.63, 3.8) is 0 Å². The minimum absolute atomic E-state index is 0.373. The minimum Gasteiger partial charge on any atom is -0.507 e. The number of aryl methyl sites for hydroxylation is 2. The third-order valence-corrected chi connectivity index (χ3v) is 3.53. The molecule has 1 unspecified atom stereocenters. The molecule has 0 spiro atoms. The molecule has 1 aliphatic rings. The summed E-state index contributed by atoms with van der Waals surface area (Å²) in [5, 5.41) is 13.2. The van der Waals surface area contributed by atoms with E-state index < -0.39 is 0 Å². The Labute approximate surface area is 109 Å². The summed E-state index contributed by atoms with van der Waals surface area (Å²) in [6.07, 6.45) is 4.02. The second-order valence-corrected chi connectivity index (χ2v) is 5.20. The van der Waals surface area contributed by atoms with Gasteiger partial charge >= 0.3 is 0 Å². The normalized spacial score (nSPS) is 20.0.